The quantitative estimate of drug-likeness (QED) is 0.551. The molecule has 1 fully saturated rings. The van der Waals surface area contributed by atoms with Gasteiger partial charge in [0.2, 0.25) is 11.7 Å². The molecule has 5 rings (SSSR count). The van der Waals surface area contributed by atoms with E-state index in [0.29, 0.717) is 46.2 Å². The summed E-state index contributed by atoms with van der Waals surface area (Å²) < 4.78 is 20.0. The van der Waals surface area contributed by atoms with Crippen molar-refractivity contribution in [3.8, 4) is 11.4 Å². The standard InChI is InChI=1S/C20H17FN6O2/c1-10-2-3-11(18-25-20(29-26-18)13-8-15(13)21)6-16(10)24-19(28)14-9-23-27-5-4-12(22)7-17(14)27/h2-7,9,13,15H,8,22H2,1H3,(H,24,28)/t13?,15-/m0/s1. The van der Waals surface area contributed by atoms with Crippen molar-refractivity contribution >= 4 is 22.8 Å². The molecule has 1 unspecified atom stereocenters. The Morgan fingerprint density at radius 3 is 2.97 bits per heavy atom. The first kappa shape index (κ1) is 17.4. The lowest BCUT2D eigenvalue weighted by molar-refractivity contribution is 0.102. The van der Waals surface area contributed by atoms with E-state index >= 15 is 0 Å². The molecule has 1 amide bonds. The summed E-state index contributed by atoms with van der Waals surface area (Å²) in [6, 6.07) is 8.85. The zero-order valence-electron chi connectivity index (χ0n) is 15.5. The number of nitrogens with one attached hydrogen (secondary N) is 1. The molecule has 0 saturated heterocycles. The van der Waals surface area contributed by atoms with Crippen molar-refractivity contribution in [3.63, 3.8) is 0 Å². The Hall–Kier alpha value is -3.75. The monoisotopic (exact) mass is 392 g/mol. The van der Waals surface area contributed by atoms with Crippen LogP contribution in [0.1, 0.15) is 34.2 Å². The maximum atomic E-state index is 13.2. The SMILES string of the molecule is Cc1ccc(-c2noc(C3C[C@@H]3F)n2)cc1NC(=O)c1cnn2ccc(N)cc12. The Kier molecular flexibility index (Phi) is 3.83. The molecule has 1 aliphatic carbocycles. The molecule has 0 aliphatic heterocycles. The van der Waals surface area contributed by atoms with E-state index in [1.54, 1.807) is 28.9 Å². The molecular formula is C20H17FN6O2. The van der Waals surface area contributed by atoms with Crippen LogP contribution in [0.15, 0.2) is 47.2 Å². The molecule has 3 aromatic heterocycles. The molecule has 3 heterocycles. The normalized spacial score (nSPS) is 18.1. The van der Waals surface area contributed by atoms with E-state index in [1.165, 1.54) is 6.20 Å². The van der Waals surface area contributed by atoms with Crippen LogP contribution in [-0.2, 0) is 0 Å². The van der Waals surface area contributed by atoms with Gasteiger partial charge in [0, 0.05) is 23.1 Å². The molecule has 29 heavy (non-hydrogen) atoms. The maximum absolute atomic E-state index is 13.2. The summed E-state index contributed by atoms with van der Waals surface area (Å²) in [5, 5.41) is 11.0. The number of nitrogen functional groups attached to an aromatic ring is 1. The number of hydrogen-bond donors (Lipinski definition) is 2. The number of hydrogen-bond acceptors (Lipinski definition) is 6. The number of carbonyl (C=O) groups is 1. The first-order valence-electron chi connectivity index (χ1n) is 9.12. The summed E-state index contributed by atoms with van der Waals surface area (Å²) in [6.07, 6.45) is 2.71. The maximum Gasteiger partial charge on any atom is 0.259 e. The van der Waals surface area contributed by atoms with Gasteiger partial charge in [-0.2, -0.15) is 10.1 Å². The van der Waals surface area contributed by atoms with Gasteiger partial charge in [0.05, 0.1) is 23.2 Å². The number of pyridine rings is 1. The Balaban J connectivity index is 1.43. The van der Waals surface area contributed by atoms with Crippen LogP contribution in [0.4, 0.5) is 15.8 Å². The minimum atomic E-state index is -0.906. The molecule has 4 aromatic rings. The molecule has 146 valence electrons. The van der Waals surface area contributed by atoms with Gasteiger partial charge in [-0.05, 0) is 37.1 Å². The van der Waals surface area contributed by atoms with E-state index < -0.39 is 6.17 Å². The van der Waals surface area contributed by atoms with E-state index in [9.17, 15) is 9.18 Å². The molecule has 0 radical (unpaired) electrons. The third-order valence-electron chi connectivity index (χ3n) is 5.01. The number of amides is 1. The van der Waals surface area contributed by atoms with Crippen LogP contribution in [0.2, 0.25) is 0 Å². The predicted octanol–water partition coefficient (Wildman–Crippen LogP) is 3.35. The average Bonchev–Trinajstić information content (AvgIpc) is 3.10. The number of anilines is 2. The summed E-state index contributed by atoms with van der Waals surface area (Å²) in [5.74, 6) is 0.0581. The van der Waals surface area contributed by atoms with Crippen molar-refractivity contribution in [2.24, 2.45) is 0 Å². The van der Waals surface area contributed by atoms with Crippen LogP contribution < -0.4 is 11.1 Å². The van der Waals surface area contributed by atoms with E-state index in [0.717, 1.165) is 5.56 Å². The second-order valence-corrected chi connectivity index (χ2v) is 7.15. The highest BCUT2D eigenvalue weighted by molar-refractivity contribution is 6.09. The second kappa shape index (κ2) is 6.40. The number of halogens is 1. The Morgan fingerprint density at radius 2 is 2.17 bits per heavy atom. The van der Waals surface area contributed by atoms with Gasteiger partial charge in [0.25, 0.3) is 5.91 Å². The number of rotatable bonds is 4. The first-order chi connectivity index (χ1) is 14.0. The third kappa shape index (κ3) is 3.10. The van der Waals surface area contributed by atoms with Gasteiger partial charge in [-0.3, -0.25) is 4.79 Å². The summed E-state index contributed by atoms with van der Waals surface area (Å²) >= 11 is 0. The summed E-state index contributed by atoms with van der Waals surface area (Å²) in [6.45, 7) is 1.88. The highest BCUT2D eigenvalue weighted by Crippen LogP contribution is 2.43. The van der Waals surface area contributed by atoms with E-state index in [1.807, 2.05) is 19.1 Å². The van der Waals surface area contributed by atoms with Crippen LogP contribution in [0.5, 0.6) is 0 Å². The molecule has 1 saturated carbocycles. The summed E-state index contributed by atoms with van der Waals surface area (Å²) in [5.41, 5.74) is 9.54. The van der Waals surface area contributed by atoms with E-state index in [4.69, 9.17) is 10.3 Å². The van der Waals surface area contributed by atoms with Gasteiger partial charge in [0.15, 0.2) is 0 Å². The average molecular weight is 392 g/mol. The first-order valence-corrected chi connectivity index (χ1v) is 9.12. The predicted molar refractivity (Wildman–Crippen MR) is 104 cm³/mol. The molecule has 3 N–H and O–H groups in total. The zero-order chi connectivity index (χ0) is 20.1. The largest absolute Gasteiger partial charge is 0.399 e. The summed E-state index contributed by atoms with van der Waals surface area (Å²) in [4.78, 5) is 17.1. The Morgan fingerprint density at radius 1 is 1.34 bits per heavy atom. The van der Waals surface area contributed by atoms with E-state index in [2.05, 4.69) is 20.6 Å². The lowest BCUT2D eigenvalue weighted by atomic mass is 10.1. The fraction of sp³-hybridized carbons (Fsp3) is 0.200. The molecule has 0 bridgehead atoms. The Labute approximate surface area is 164 Å². The third-order valence-corrected chi connectivity index (χ3v) is 5.01. The minimum absolute atomic E-state index is 0.302. The van der Waals surface area contributed by atoms with Crippen molar-refractivity contribution < 1.29 is 13.7 Å². The van der Waals surface area contributed by atoms with Crippen LogP contribution in [0.25, 0.3) is 16.9 Å². The minimum Gasteiger partial charge on any atom is -0.399 e. The number of carbonyl (C=O) groups excluding carboxylic acids is 1. The van der Waals surface area contributed by atoms with Gasteiger partial charge in [-0.25, -0.2) is 8.91 Å². The van der Waals surface area contributed by atoms with Crippen molar-refractivity contribution in [1.29, 1.82) is 0 Å². The number of nitrogens with zero attached hydrogens (tertiary/aromatic N) is 4. The molecule has 1 aliphatic rings. The topological polar surface area (TPSA) is 111 Å². The molecule has 0 spiro atoms. The number of nitrogens with two attached hydrogens (primary N) is 1. The lowest BCUT2D eigenvalue weighted by Crippen LogP contribution is -2.12. The van der Waals surface area contributed by atoms with Crippen molar-refractivity contribution in [3.05, 3.63) is 59.7 Å². The highest BCUT2D eigenvalue weighted by Gasteiger charge is 2.43. The smallest absolute Gasteiger partial charge is 0.259 e. The fourth-order valence-corrected chi connectivity index (χ4v) is 3.18. The van der Waals surface area contributed by atoms with Crippen molar-refractivity contribution in [2.45, 2.75) is 25.4 Å². The van der Waals surface area contributed by atoms with Gasteiger partial charge < -0.3 is 15.6 Å². The number of benzene rings is 1. The van der Waals surface area contributed by atoms with Crippen LogP contribution in [0, 0.1) is 6.92 Å². The number of aryl methyl sites for hydroxylation is 1. The lowest BCUT2D eigenvalue weighted by Gasteiger charge is -2.09. The van der Waals surface area contributed by atoms with Crippen LogP contribution in [-0.4, -0.2) is 31.8 Å². The number of aromatic nitrogens is 4. The van der Waals surface area contributed by atoms with E-state index in [-0.39, 0.29) is 11.8 Å². The molecule has 8 nitrogen and oxygen atoms in total. The van der Waals surface area contributed by atoms with Gasteiger partial charge >= 0.3 is 0 Å². The molecular weight excluding hydrogens is 375 g/mol. The van der Waals surface area contributed by atoms with Gasteiger partial charge in [0.1, 0.15) is 6.17 Å². The molecule has 2 atom stereocenters. The van der Waals surface area contributed by atoms with Crippen LogP contribution in [0.3, 0.4) is 0 Å². The van der Waals surface area contributed by atoms with Crippen molar-refractivity contribution in [1.82, 2.24) is 19.8 Å². The number of fused-ring (bicyclic) bond motifs is 1. The molecule has 1 aromatic carbocycles. The zero-order valence-corrected chi connectivity index (χ0v) is 15.5. The molecule has 9 heteroatoms. The summed E-state index contributed by atoms with van der Waals surface area (Å²) in [7, 11) is 0. The van der Waals surface area contributed by atoms with Gasteiger partial charge in [-0.15, -0.1) is 0 Å². The number of alkyl halides is 1. The second-order valence-electron chi connectivity index (χ2n) is 7.15. The van der Waals surface area contributed by atoms with Gasteiger partial charge in [-0.1, -0.05) is 17.3 Å². The Bertz CT molecular complexity index is 1250. The van der Waals surface area contributed by atoms with Crippen LogP contribution >= 0.6 is 0 Å². The highest BCUT2D eigenvalue weighted by atomic mass is 19.1. The van der Waals surface area contributed by atoms with Crippen molar-refractivity contribution in [2.75, 3.05) is 11.1 Å². The fourth-order valence-electron chi connectivity index (χ4n) is 3.18.